The number of carbonyl (C=O) groups is 1. The zero-order chi connectivity index (χ0) is 13.7. The Balaban J connectivity index is 0.00000324. The van der Waals surface area contributed by atoms with Crippen molar-refractivity contribution in [1.29, 1.82) is 0 Å². The number of amides is 1. The number of carbonyl (C=O) groups excluding carboxylic acids is 1. The maximum Gasteiger partial charge on any atom is 0.269 e. The highest BCUT2D eigenvalue weighted by molar-refractivity contribution is 5.85. The lowest BCUT2D eigenvalue weighted by Gasteiger charge is -2.23. The van der Waals surface area contributed by atoms with Crippen molar-refractivity contribution in [3.8, 4) is 0 Å². The summed E-state index contributed by atoms with van der Waals surface area (Å²) in [7, 11) is 1.70. The molecule has 1 amide bonds. The number of halogens is 1. The normalized spacial score (nSPS) is 11.3. The molecule has 0 saturated heterocycles. The number of rotatable bonds is 5. The van der Waals surface area contributed by atoms with Crippen molar-refractivity contribution in [1.82, 2.24) is 4.90 Å². The Labute approximate surface area is 118 Å². The summed E-state index contributed by atoms with van der Waals surface area (Å²) in [5.41, 5.74) is 6.26. The molecule has 0 aliphatic rings. The van der Waals surface area contributed by atoms with Crippen LogP contribution < -0.4 is 5.73 Å². The van der Waals surface area contributed by atoms with E-state index in [1.807, 2.05) is 6.92 Å². The molecule has 106 valence electrons. The number of likely N-dealkylation sites (N-methyl/N-ethyl adjacent to an activating group) is 1. The monoisotopic (exact) mass is 287 g/mol. The number of nitrogens with zero attached hydrogens (tertiary/aromatic N) is 2. The number of nitro benzene ring substituents is 1. The summed E-state index contributed by atoms with van der Waals surface area (Å²) in [5.74, 6) is -0.0539. The first-order valence-electron chi connectivity index (χ1n) is 5.64. The Hall–Kier alpha value is -1.66. The number of hydrogen-bond acceptors (Lipinski definition) is 4. The van der Waals surface area contributed by atoms with Gasteiger partial charge >= 0.3 is 0 Å². The molecule has 0 fully saturated rings. The van der Waals surface area contributed by atoms with Crippen molar-refractivity contribution < 1.29 is 9.72 Å². The fourth-order valence-electron chi connectivity index (χ4n) is 1.44. The Bertz CT molecular complexity index is 436. The third-order valence-corrected chi connectivity index (χ3v) is 2.90. The Morgan fingerprint density at radius 1 is 1.42 bits per heavy atom. The minimum Gasteiger partial charge on any atom is -0.341 e. The lowest BCUT2D eigenvalue weighted by Crippen LogP contribution is -2.40. The summed E-state index contributed by atoms with van der Waals surface area (Å²) in [5, 5.41) is 10.5. The summed E-state index contributed by atoms with van der Waals surface area (Å²) in [6.07, 6.45) is 0.221. The van der Waals surface area contributed by atoms with Crippen molar-refractivity contribution >= 4 is 24.0 Å². The summed E-state index contributed by atoms with van der Waals surface area (Å²) < 4.78 is 0. The molecule has 2 N–H and O–H groups in total. The minimum atomic E-state index is -0.464. The first-order chi connectivity index (χ1) is 8.45. The van der Waals surface area contributed by atoms with E-state index in [9.17, 15) is 14.9 Å². The third kappa shape index (κ3) is 4.84. The number of benzene rings is 1. The topological polar surface area (TPSA) is 89.5 Å². The molecule has 7 heteroatoms. The van der Waals surface area contributed by atoms with E-state index in [0.717, 1.165) is 5.56 Å². The van der Waals surface area contributed by atoms with Crippen LogP contribution in [0.3, 0.4) is 0 Å². The van der Waals surface area contributed by atoms with Gasteiger partial charge in [0.2, 0.25) is 5.91 Å². The zero-order valence-corrected chi connectivity index (χ0v) is 11.7. The van der Waals surface area contributed by atoms with Crippen LogP contribution in [-0.4, -0.2) is 35.4 Å². The highest BCUT2D eigenvalue weighted by Crippen LogP contribution is 2.13. The summed E-state index contributed by atoms with van der Waals surface area (Å²) in [6, 6.07) is 5.97. The van der Waals surface area contributed by atoms with E-state index in [-0.39, 0.29) is 36.5 Å². The molecule has 1 atom stereocenters. The number of non-ortho nitro benzene ring substituents is 1. The van der Waals surface area contributed by atoms with E-state index in [0.29, 0.717) is 6.54 Å². The maximum absolute atomic E-state index is 11.9. The van der Waals surface area contributed by atoms with Gasteiger partial charge in [-0.2, -0.15) is 0 Å². The molecule has 6 nitrogen and oxygen atoms in total. The summed E-state index contributed by atoms with van der Waals surface area (Å²) in [4.78, 5) is 23.5. The summed E-state index contributed by atoms with van der Waals surface area (Å²) >= 11 is 0. The van der Waals surface area contributed by atoms with Gasteiger partial charge in [0.15, 0.2) is 0 Å². The molecule has 0 spiro atoms. The second kappa shape index (κ2) is 7.70. The first kappa shape index (κ1) is 17.3. The predicted octanol–water partition coefficient (Wildman–Crippen LogP) is 1.36. The van der Waals surface area contributed by atoms with Crippen molar-refractivity contribution in [3.63, 3.8) is 0 Å². The highest BCUT2D eigenvalue weighted by atomic mass is 35.5. The second-order valence-corrected chi connectivity index (χ2v) is 4.19. The molecular formula is C12H18ClN3O3. The van der Waals surface area contributed by atoms with Crippen molar-refractivity contribution in [2.45, 2.75) is 19.4 Å². The minimum absolute atomic E-state index is 0. The van der Waals surface area contributed by atoms with E-state index in [4.69, 9.17) is 5.73 Å². The zero-order valence-electron chi connectivity index (χ0n) is 10.9. The van der Waals surface area contributed by atoms with Crippen LogP contribution in [0, 0.1) is 10.1 Å². The van der Waals surface area contributed by atoms with Gasteiger partial charge in [-0.1, -0.05) is 12.1 Å². The molecular weight excluding hydrogens is 270 g/mol. The van der Waals surface area contributed by atoms with Gasteiger partial charge in [0.1, 0.15) is 0 Å². The van der Waals surface area contributed by atoms with Crippen LogP contribution in [0.5, 0.6) is 0 Å². The van der Waals surface area contributed by atoms with Crippen molar-refractivity contribution in [2.24, 2.45) is 5.73 Å². The SMILES string of the molecule is CC(CN)N(C)C(=O)Cc1ccc([N+](=O)[O-])cc1.Cl. The van der Waals surface area contributed by atoms with Crippen LogP contribution in [0.15, 0.2) is 24.3 Å². The molecule has 0 aliphatic carbocycles. The van der Waals surface area contributed by atoms with E-state index in [1.54, 1.807) is 24.1 Å². The molecule has 0 aromatic heterocycles. The second-order valence-electron chi connectivity index (χ2n) is 4.19. The standard InChI is InChI=1S/C12H17N3O3.ClH/c1-9(8-13)14(2)12(16)7-10-3-5-11(6-4-10)15(17)18;/h3-6,9H,7-8,13H2,1-2H3;1H. The number of hydrogen-bond donors (Lipinski definition) is 1. The van der Waals surface area contributed by atoms with Crippen LogP contribution >= 0.6 is 12.4 Å². The van der Waals surface area contributed by atoms with Gasteiger partial charge in [-0.25, -0.2) is 0 Å². The Morgan fingerprint density at radius 2 is 1.95 bits per heavy atom. The Kier molecular flexibility index (Phi) is 7.03. The van der Waals surface area contributed by atoms with Crippen LogP contribution in [0.1, 0.15) is 12.5 Å². The van der Waals surface area contributed by atoms with Gasteiger partial charge < -0.3 is 10.6 Å². The number of nitrogens with two attached hydrogens (primary N) is 1. The predicted molar refractivity (Wildman–Crippen MR) is 75.3 cm³/mol. The fraction of sp³-hybridized carbons (Fsp3) is 0.417. The maximum atomic E-state index is 11.9. The molecule has 0 radical (unpaired) electrons. The molecule has 1 aromatic rings. The van der Waals surface area contributed by atoms with E-state index < -0.39 is 4.92 Å². The molecule has 0 bridgehead atoms. The highest BCUT2D eigenvalue weighted by Gasteiger charge is 2.15. The first-order valence-corrected chi connectivity index (χ1v) is 5.64. The van der Waals surface area contributed by atoms with Crippen LogP contribution in [0.25, 0.3) is 0 Å². The van der Waals surface area contributed by atoms with Crippen LogP contribution in [-0.2, 0) is 11.2 Å². The molecule has 19 heavy (non-hydrogen) atoms. The van der Waals surface area contributed by atoms with Gasteiger partial charge in [-0.05, 0) is 12.5 Å². The molecule has 0 aliphatic heterocycles. The van der Waals surface area contributed by atoms with E-state index in [1.165, 1.54) is 12.1 Å². The quantitative estimate of drug-likeness (QED) is 0.654. The third-order valence-electron chi connectivity index (χ3n) is 2.90. The molecule has 1 rings (SSSR count). The lowest BCUT2D eigenvalue weighted by atomic mass is 10.1. The molecule has 0 heterocycles. The van der Waals surface area contributed by atoms with Crippen LogP contribution in [0.2, 0.25) is 0 Å². The van der Waals surface area contributed by atoms with Gasteiger partial charge in [0, 0.05) is 31.8 Å². The molecule has 1 aromatic carbocycles. The van der Waals surface area contributed by atoms with Crippen molar-refractivity contribution in [3.05, 3.63) is 39.9 Å². The van der Waals surface area contributed by atoms with E-state index in [2.05, 4.69) is 0 Å². The fourth-order valence-corrected chi connectivity index (χ4v) is 1.44. The van der Waals surface area contributed by atoms with Crippen LogP contribution in [0.4, 0.5) is 5.69 Å². The Morgan fingerprint density at radius 3 is 2.37 bits per heavy atom. The molecule has 0 saturated carbocycles. The van der Waals surface area contributed by atoms with Gasteiger partial charge in [-0.3, -0.25) is 14.9 Å². The molecule has 1 unspecified atom stereocenters. The lowest BCUT2D eigenvalue weighted by molar-refractivity contribution is -0.384. The van der Waals surface area contributed by atoms with Gasteiger partial charge in [0.05, 0.1) is 11.3 Å². The largest absolute Gasteiger partial charge is 0.341 e. The summed E-state index contributed by atoms with van der Waals surface area (Å²) in [6.45, 7) is 2.27. The van der Waals surface area contributed by atoms with Gasteiger partial charge in [0.25, 0.3) is 5.69 Å². The average molecular weight is 288 g/mol. The number of nitro groups is 1. The van der Waals surface area contributed by atoms with Gasteiger partial charge in [-0.15, -0.1) is 12.4 Å². The van der Waals surface area contributed by atoms with E-state index >= 15 is 0 Å². The van der Waals surface area contributed by atoms with Crippen molar-refractivity contribution in [2.75, 3.05) is 13.6 Å². The smallest absolute Gasteiger partial charge is 0.269 e. The average Bonchev–Trinajstić information content (AvgIpc) is 2.37.